The lowest BCUT2D eigenvalue weighted by molar-refractivity contribution is -0.155. The molecule has 8 atom stereocenters. The molecule has 0 aromatic rings. The van der Waals surface area contributed by atoms with Crippen molar-refractivity contribution in [3.63, 3.8) is 0 Å². The van der Waals surface area contributed by atoms with Crippen LogP contribution in [0.25, 0.3) is 0 Å². The van der Waals surface area contributed by atoms with E-state index in [1.54, 1.807) is 7.11 Å². The molecule has 3 heteroatoms. The smallest absolute Gasteiger partial charge is 0.146 e. The molecule has 0 saturated heterocycles. The Balaban J connectivity index is 1.36. The van der Waals surface area contributed by atoms with E-state index in [1.165, 1.54) is 82.6 Å². The lowest BCUT2D eigenvalue weighted by atomic mass is 9.43. The van der Waals surface area contributed by atoms with E-state index in [0.29, 0.717) is 23.7 Å². The van der Waals surface area contributed by atoms with Gasteiger partial charge in [0.05, 0.1) is 12.2 Å². The monoisotopic (exact) mass is 397 g/mol. The zero-order valence-electron chi connectivity index (χ0n) is 18.5. The summed E-state index contributed by atoms with van der Waals surface area (Å²) >= 11 is 0. The predicted octanol–water partition coefficient (Wildman–Crippen LogP) is 6.25. The molecule has 0 aromatic heterocycles. The summed E-state index contributed by atoms with van der Waals surface area (Å²) in [6.45, 7) is 3.10. The highest BCUT2D eigenvalue weighted by molar-refractivity contribution is 5.25. The lowest BCUT2D eigenvalue weighted by Crippen LogP contribution is -2.55. The zero-order valence-corrected chi connectivity index (χ0v) is 18.5. The van der Waals surface area contributed by atoms with E-state index in [1.807, 2.05) is 6.08 Å². The molecule has 5 rings (SSSR count). The highest BCUT2D eigenvalue weighted by Gasteiger charge is 2.62. The van der Waals surface area contributed by atoms with Crippen LogP contribution in [0.15, 0.2) is 11.6 Å². The van der Waals surface area contributed by atoms with Crippen LogP contribution in [0.5, 0.6) is 0 Å². The van der Waals surface area contributed by atoms with E-state index in [2.05, 4.69) is 13.0 Å². The highest BCUT2D eigenvalue weighted by atomic mass is 16.7. The number of allylic oxidation sites excluding steroid dienone is 2. The summed E-state index contributed by atoms with van der Waals surface area (Å²) in [5.74, 6) is 4.35. The molecule has 0 amide bonds. The van der Waals surface area contributed by atoms with Gasteiger partial charge in [-0.05, 0) is 117 Å². The number of methoxy groups -OCH3 is 1. The third-order valence-corrected chi connectivity index (χ3v) is 10.6. The first kappa shape index (κ1) is 20.1. The van der Waals surface area contributed by atoms with Gasteiger partial charge in [-0.25, -0.2) is 0 Å². The number of ether oxygens (including phenoxy) is 2. The molecule has 0 bridgehead atoms. The van der Waals surface area contributed by atoms with E-state index in [-0.39, 0.29) is 0 Å². The van der Waals surface area contributed by atoms with Gasteiger partial charge in [0.25, 0.3) is 0 Å². The lowest BCUT2D eigenvalue weighted by Gasteiger charge is -2.62. The molecule has 5 fully saturated rings. The fraction of sp³-hybridized carbons (Fsp3) is 0.885. The Morgan fingerprint density at radius 1 is 1.07 bits per heavy atom. The molecule has 0 radical (unpaired) electrons. The highest BCUT2D eigenvalue weighted by Crippen LogP contribution is 2.70. The first-order valence-corrected chi connectivity index (χ1v) is 12.3. The zero-order chi connectivity index (χ0) is 20.1. The minimum atomic E-state index is 0.410. The summed E-state index contributed by atoms with van der Waals surface area (Å²) in [5.41, 5.74) is 2.58. The fourth-order valence-corrected chi connectivity index (χ4v) is 9.44. The van der Waals surface area contributed by atoms with Gasteiger partial charge in [-0.2, -0.15) is 5.26 Å². The van der Waals surface area contributed by atoms with Crippen LogP contribution in [0.1, 0.15) is 84.0 Å². The summed E-state index contributed by atoms with van der Waals surface area (Å²) in [7, 11) is 1.73. The van der Waals surface area contributed by atoms with Crippen LogP contribution in [-0.4, -0.2) is 20.0 Å². The maximum Gasteiger partial charge on any atom is 0.146 e. The van der Waals surface area contributed by atoms with E-state index >= 15 is 0 Å². The number of rotatable bonds is 3. The number of fused-ring (bicyclic) bond motifs is 4. The second-order valence-corrected chi connectivity index (χ2v) is 11.2. The van der Waals surface area contributed by atoms with Crippen LogP contribution in [-0.2, 0) is 9.47 Å². The first-order chi connectivity index (χ1) is 14.1. The molecule has 0 heterocycles. The van der Waals surface area contributed by atoms with E-state index in [4.69, 9.17) is 9.47 Å². The molecule has 0 N–H and O–H groups in total. The van der Waals surface area contributed by atoms with E-state index in [0.717, 1.165) is 29.6 Å². The van der Waals surface area contributed by atoms with E-state index < -0.39 is 0 Å². The molecule has 29 heavy (non-hydrogen) atoms. The van der Waals surface area contributed by atoms with Crippen LogP contribution in [0.2, 0.25) is 0 Å². The fourth-order valence-electron chi connectivity index (χ4n) is 9.44. The maximum absolute atomic E-state index is 9.31. The Kier molecular flexibility index (Phi) is 5.32. The van der Waals surface area contributed by atoms with Gasteiger partial charge in [0.2, 0.25) is 0 Å². The Morgan fingerprint density at radius 3 is 2.79 bits per heavy atom. The number of hydrogen-bond acceptors (Lipinski definition) is 3. The van der Waals surface area contributed by atoms with Crippen molar-refractivity contribution in [3.8, 4) is 6.07 Å². The van der Waals surface area contributed by atoms with Crippen molar-refractivity contribution in [1.82, 2.24) is 0 Å². The molecule has 5 saturated carbocycles. The molecule has 0 aliphatic heterocycles. The van der Waals surface area contributed by atoms with Crippen LogP contribution in [0.3, 0.4) is 0 Å². The number of hydrogen-bond donors (Lipinski definition) is 0. The standard InChI is InChI=1S/C26H39NO2/c1-25-13-9-20(29-17-28-2)16-19(25)5-6-21-23(25)10-14-26-12-3-4-18(11-15-27)22(26)7-8-24(21)26/h11,19-24H,3-10,12-14,16-17H2,1-2H3/b18-11+/t19-,20+,21+,22+,23-,24-,25-,26-/m0/s1. The largest absolute Gasteiger partial charge is 0.359 e. The average Bonchev–Trinajstić information content (AvgIpc) is 3.13. The predicted molar refractivity (Wildman–Crippen MR) is 114 cm³/mol. The molecular weight excluding hydrogens is 358 g/mol. The quantitative estimate of drug-likeness (QED) is 0.417. The van der Waals surface area contributed by atoms with Gasteiger partial charge in [0.1, 0.15) is 6.79 Å². The van der Waals surface area contributed by atoms with Crippen molar-refractivity contribution in [2.75, 3.05) is 13.9 Å². The van der Waals surface area contributed by atoms with Crippen LogP contribution in [0.4, 0.5) is 0 Å². The minimum Gasteiger partial charge on any atom is -0.359 e. The van der Waals surface area contributed by atoms with Gasteiger partial charge in [0, 0.05) is 13.2 Å². The first-order valence-electron chi connectivity index (χ1n) is 12.3. The van der Waals surface area contributed by atoms with Crippen molar-refractivity contribution in [3.05, 3.63) is 11.6 Å². The topological polar surface area (TPSA) is 42.2 Å². The van der Waals surface area contributed by atoms with Crippen molar-refractivity contribution >= 4 is 0 Å². The molecule has 0 unspecified atom stereocenters. The minimum absolute atomic E-state index is 0.410. The molecule has 0 aromatic carbocycles. The van der Waals surface area contributed by atoms with Crippen LogP contribution < -0.4 is 0 Å². The molecule has 5 aliphatic carbocycles. The summed E-state index contributed by atoms with van der Waals surface area (Å²) in [6, 6.07) is 2.38. The van der Waals surface area contributed by atoms with Gasteiger partial charge in [-0.1, -0.05) is 12.5 Å². The summed E-state index contributed by atoms with van der Waals surface area (Å²) in [6.07, 6.45) is 18.6. The Morgan fingerprint density at radius 2 is 1.97 bits per heavy atom. The van der Waals surface area contributed by atoms with Gasteiger partial charge in [-0.15, -0.1) is 0 Å². The van der Waals surface area contributed by atoms with Crippen molar-refractivity contribution < 1.29 is 9.47 Å². The number of nitriles is 1. The van der Waals surface area contributed by atoms with E-state index in [9.17, 15) is 5.26 Å². The average molecular weight is 398 g/mol. The van der Waals surface area contributed by atoms with Gasteiger partial charge < -0.3 is 9.47 Å². The Labute approximate surface area is 177 Å². The van der Waals surface area contributed by atoms with Crippen molar-refractivity contribution in [1.29, 1.82) is 5.26 Å². The second kappa shape index (κ2) is 7.69. The van der Waals surface area contributed by atoms with Crippen LogP contribution in [0, 0.1) is 51.8 Å². The molecule has 3 nitrogen and oxygen atoms in total. The third-order valence-electron chi connectivity index (χ3n) is 10.6. The van der Waals surface area contributed by atoms with Gasteiger partial charge in [0.15, 0.2) is 0 Å². The maximum atomic E-state index is 9.31. The summed E-state index contributed by atoms with van der Waals surface area (Å²) in [4.78, 5) is 0. The molecule has 5 aliphatic rings. The molecule has 1 spiro atoms. The SMILES string of the molecule is COCO[C@@H]1CC[C@@]2(C)[C@@H](CC[C@@H]3[C@@H]2CC[C@@]24CCC/C(=C\C#N)[C@H]2CC[C@@H]34)C1. The molecular formula is C26H39NO2. The van der Waals surface area contributed by atoms with Crippen molar-refractivity contribution in [2.24, 2.45) is 40.4 Å². The van der Waals surface area contributed by atoms with Gasteiger partial charge in [-0.3, -0.25) is 0 Å². The third kappa shape index (κ3) is 3.04. The second-order valence-electron chi connectivity index (χ2n) is 11.2. The summed E-state index contributed by atoms with van der Waals surface area (Å²) < 4.78 is 11.1. The summed E-state index contributed by atoms with van der Waals surface area (Å²) in [5, 5.41) is 9.31. The van der Waals surface area contributed by atoms with Gasteiger partial charge >= 0.3 is 0 Å². The number of nitrogens with zero attached hydrogens (tertiary/aromatic N) is 1. The van der Waals surface area contributed by atoms with Crippen molar-refractivity contribution in [2.45, 2.75) is 90.1 Å². The Bertz CT molecular complexity index is 695. The molecule has 160 valence electrons. The van der Waals surface area contributed by atoms with Crippen LogP contribution >= 0.6 is 0 Å². The normalized spacial score (nSPS) is 50.2. The Hall–Kier alpha value is -0.850.